The van der Waals surface area contributed by atoms with E-state index < -0.39 is 0 Å². The Morgan fingerprint density at radius 2 is 2.07 bits per heavy atom. The molecule has 0 aromatic carbocycles. The van der Waals surface area contributed by atoms with Crippen LogP contribution in [0.2, 0.25) is 0 Å². The molecule has 1 atom stereocenters. The van der Waals surface area contributed by atoms with E-state index in [9.17, 15) is 5.11 Å². The number of anilines is 1. The second kappa shape index (κ2) is 7.89. The minimum absolute atomic E-state index is 0.115. The van der Waals surface area contributed by atoms with Gasteiger partial charge in [-0.15, -0.1) is 5.10 Å². The van der Waals surface area contributed by atoms with Crippen LogP contribution in [0.3, 0.4) is 0 Å². The van der Waals surface area contributed by atoms with Crippen molar-refractivity contribution in [1.29, 1.82) is 0 Å². The third-order valence-corrected chi connectivity index (χ3v) is 5.47. The minimum atomic E-state index is -0.179. The maximum atomic E-state index is 9.90. The van der Waals surface area contributed by atoms with Crippen molar-refractivity contribution in [2.24, 2.45) is 7.05 Å². The van der Waals surface area contributed by atoms with Gasteiger partial charge in [0.1, 0.15) is 0 Å². The lowest BCUT2D eigenvalue weighted by molar-refractivity contribution is 0.121. The number of aryl methyl sites for hydroxylation is 1. The Hall–Kier alpha value is -2.45. The molecule has 0 spiro atoms. The molecule has 0 bridgehead atoms. The van der Waals surface area contributed by atoms with Gasteiger partial charge in [0.15, 0.2) is 0 Å². The molecule has 8 nitrogen and oxygen atoms in total. The normalized spacial score (nSPS) is 21.1. The Kier molecular flexibility index (Phi) is 5.32. The van der Waals surface area contributed by atoms with E-state index in [2.05, 4.69) is 21.5 Å². The lowest BCUT2D eigenvalue weighted by Gasteiger charge is -2.25. The molecule has 0 unspecified atom stereocenters. The monoisotopic (exact) mass is 384 g/mol. The first-order valence-corrected chi connectivity index (χ1v) is 9.86. The average molecular weight is 384 g/mol. The maximum absolute atomic E-state index is 9.90. The number of nitrogens with one attached hydrogen (secondary N) is 1. The van der Waals surface area contributed by atoms with Crippen molar-refractivity contribution in [2.45, 2.75) is 50.7 Å². The standard InChI is InChI=1S/C20H28N6O2/c1-13(12-28-3)23-20-21-10-19-17(15-9-22-25(2)11-15)8-18(26(19)24-20)14-4-6-16(27)7-5-14/h8-11,13-14,16,27H,4-7,12H2,1-3H3,(H,23,24)/t13-,14-,16-/m0/s1. The van der Waals surface area contributed by atoms with Crippen LogP contribution in [0.4, 0.5) is 5.95 Å². The summed E-state index contributed by atoms with van der Waals surface area (Å²) < 4.78 is 9.02. The Bertz CT molecular complexity index is 941. The summed E-state index contributed by atoms with van der Waals surface area (Å²) in [6.07, 6.45) is 9.18. The van der Waals surface area contributed by atoms with Crippen LogP contribution in [0.1, 0.15) is 44.2 Å². The van der Waals surface area contributed by atoms with Gasteiger partial charge in [-0.25, -0.2) is 9.50 Å². The van der Waals surface area contributed by atoms with E-state index in [0.29, 0.717) is 18.5 Å². The summed E-state index contributed by atoms with van der Waals surface area (Å²) in [4.78, 5) is 4.53. The number of aromatic nitrogens is 5. The number of aliphatic hydroxyl groups excluding tert-OH is 1. The van der Waals surface area contributed by atoms with E-state index in [1.165, 1.54) is 5.69 Å². The molecular weight excluding hydrogens is 356 g/mol. The third kappa shape index (κ3) is 3.74. The van der Waals surface area contributed by atoms with Crippen molar-refractivity contribution in [3.63, 3.8) is 0 Å². The molecule has 8 heteroatoms. The molecular formula is C20H28N6O2. The summed E-state index contributed by atoms with van der Waals surface area (Å²) in [5.41, 5.74) is 4.29. The van der Waals surface area contributed by atoms with Crippen LogP contribution in [-0.2, 0) is 11.8 Å². The van der Waals surface area contributed by atoms with Gasteiger partial charge < -0.3 is 15.2 Å². The number of fused-ring (bicyclic) bond motifs is 1. The van der Waals surface area contributed by atoms with Crippen LogP contribution >= 0.6 is 0 Å². The summed E-state index contributed by atoms with van der Waals surface area (Å²) in [5, 5.41) is 22.3. The molecule has 1 fully saturated rings. The smallest absolute Gasteiger partial charge is 0.241 e. The SMILES string of the molecule is COC[C@H](C)Nc1ncc2c(-c3cnn(C)c3)cc([C@H]3CC[C@H](O)CC3)n2n1. The number of methoxy groups -OCH3 is 1. The van der Waals surface area contributed by atoms with Crippen LogP contribution < -0.4 is 5.32 Å². The van der Waals surface area contributed by atoms with Crippen LogP contribution in [0.25, 0.3) is 16.6 Å². The zero-order valence-electron chi connectivity index (χ0n) is 16.7. The Morgan fingerprint density at radius 3 is 2.75 bits per heavy atom. The van der Waals surface area contributed by atoms with Gasteiger partial charge >= 0.3 is 0 Å². The fraction of sp³-hybridized carbons (Fsp3) is 0.550. The molecule has 3 aromatic rings. The number of ether oxygens (including phenoxy) is 1. The Balaban J connectivity index is 1.76. The molecule has 1 saturated carbocycles. The van der Waals surface area contributed by atoms with Gasteiger partial charge in [0.25, 0.3) is 0 Å². The van der Waals surface area contributed by atoms with E-state index in [1.54, 1.807) is 11.8 Å². The van der Waals surface area contributed by atoms with Gasteiger partial charge in [0.05, 0.1) is 30.6 Å². The van der Waals surface area contributed by atoms with E-state index in [-0.39, 0.29) is 12.1 Å². The van der Waals surface area contributed by atoms with Crippen molar-refractivity contribution < 1.29 is 9.84 Å². The topological polar surface area (TPSA) is 89.5 Å². The summed E-state index contributed by atoms with van der Waals surface area (Å²) >= 11 is 0. The molecule has 3 heterocycles. The summed E-state index contributed by atoms with van der Waals surface area (Å²) in [6, 6.07) is 2.33. The lowest BCUT2D eigenvalue weighted by Crippen LogP contribution is -2.23. The highest BCUT2D eigenvalue weighted by Gasteiger charge is 2.25. The van der Waals surface area contributed by atoms with E-state index >= 15 is 0 Å². The quantitative estimate of drug-likeness (QED) is 0.679. The predicted molar refractivity (Wildman–Crippen MR) is 107 cm³/mol. The fourth-order valence-corrected chi connectivity index (χ4v) is 4.05. The van der Waals surface area contributed by atoms with Crippen LogP contribution in [0, 0.1) is 0 Å². The highest BCUT2D eigenvalue weighted by Crippen LogP contribution is 2.37. The number of hydrogen-bond donors (Lipinski definition) is 2. The highest BCUT2D eigenvalue weighted by molar-refractivity contribution is 5.81. The molecule has 3 aromatic heterocycles. The van der Waals surface area contributed by atoms with Gasteiger partial charge in [0, 0.05) is 49.1 Å². The molecule has 4 rings (SSSR count). The number of aliphatic hydroxyl groups is 1. The molecule has 28 heavy (non-hydrogen) atoms. The number of nitrogens with zero attached hydrogens (tertiary/aromatic N) is 5. The second-order valence-corrected chi connectivity index (χ2v) is 7.77. The number of hydrogen-bond acceptors (Lipinski definition) is 6. The van der Waals surface area contributed by atoms with Crippen LogP contribution in [0.15, 0.2) is 24.7 Å². The second-order valence-electron chi connectivity index (χ2n) is 7.77. The first kappa shape index (κ1) is 18.9. The minimum Gasteiger partial charge on any atom is -0.393 e. The maximum Gasteiger partial charge on any atom is 0.241 e. The molecule has 1 aliphatic rings. The molecule has 1 aliphatic carbocycles. The summed E-state index contributed by atoms with van der Waals surface area (Å²) in [5.74, 6) is 0.961. The predicted octanol–water partition coefficient (Wildman–Crippen LogP) is 2.60. The van der Waals surface area contributed by atoms with E-state index in [0.717, 1.165) is 42.3 Å². The molecule has 0 radical (unpaired) electrons. The van der Waals surface area contributed by atoms with Gasteiger partial charge in [0.2, 0.25) is 5.95 Å². The van der Waals surface area contributed by atoms with Gasteiger partial charge in [-0.3, -0.25) is 4.68 Å². The first-order valence-electron chi connectivity index (χ1n) is 9.86. The molecule has 150 valence electrons. The van der Waals surface area contributed by atoms with Crippen molar-refractivity contribution >= 4 is 11.5 Å². The fourth-order valence-electron chi connectivity index (χ4n) is 4.05. The van der Waals surface area contributed by atoms with Crippen LogP contribution in [-0.4, -0.2) is 55.3 Å². The van der Waals surface area contributed by atoms with Gasteiger partial charge in [-0.05, 0) is 38.7 Å². The molecule has 2 N–H and O–H groups in total. The summed E-state index contributed by atoms with van der Waals surface area (Å²) in [7, 11) is 3.60. The van der Waals surface area contributed by atoms with Crippen molar-refractivity contribution in [1.82, 2.24) is 24.4 Å². The van der Waals surface area contributed by atoms with Crippen molar-refractivity contribution in [2.75, 3.05) is 19.0 Å². The zero-order chi connectivity index (χ0) is 19.7. The first-order chi connectivity index (χ1) is 13.5. The number of rotatable bonds is 6. The van der Waals surface area contributed by atoms with Gasteiger partial charge in [-0.1, -0.05) is 0 Å². The van der Waals surface area contributed by atoms with Crippen molar-refractivity contribution in [3.8, 4) is 11.1 Å². The van der Waals surface area contributed by atoms with Crippen LogP contribution in [0.5, 0.6) is 0 Å². The zero-order valence-corrected chi connectivity index (χ0v) is 16.7. The van der Waals surface area contributed by atoms with Gasteiger partial charge in [-0.2, -0.15) is 5.10 Å². The molecule has 0 amide bonds. The van der Waals surface area contributed by atoms with E-state index in [1.807, 2.05) is 37.1 Å². The lowest BCUT2D eigenvalue weighted by atomic mass is 9.85. The Morgan fingerprint density at radius 1 is 1.29 bits per heavy atom. The molecule has 0 aliphatic heterocycles. The average Bonchev–Trinajstić information content (AvgIpc) is 3.26. The largest absolute Gasteiger partial charge is 0.393 e. The van der Waals surface area contributed by atoms with E-state index in [4.69, 9.17) is 9.84 Å². The summed E-state index contributed by atoms with van der Waals surface area (Å²) in [6.45, 7) is 2.62. The Labute approximate surface area is 164 Å². The highest BCUT2D eigenvalue weighted by atomic mass is 16.5. The molecule has 0 saturated heterocycles. The third-order valence-electron chi connectivity index (χ3n) is 5.47. The van der Waals surface area contributed by atoms with Crippen molar-refractivity contribution in [3.05, 3.63) is 30.4 Å².